The smallest absolute Gasteiger partial charge is 0.197 e. The third-order valence-corrected chi connectivity index (χ3v) is 7.40. The second-order valence-electron chi connectivity index (χ2n) is 10.1. The Balaban J connectivity index is 1.67. The van der Waals surface area contributed by atoms with Crippen molar-refractivity contribution in [2.75, 3.05) is 6.61 Å². The number of benzene rings is 2. The molecule has 0 bridgehead atoms. The lowest BCUT2D eigenvalue weighted by Gasteiger charge is -2.46. The van der Waals surface area contributed by atoms with Crippen molar-refractivity contribution in [3.05, 3.63) is 52.2 Å². The van der Waals surface area contributed by atoms with Gasteiger partial charge in [0.1, 0.15) is 77.2 Å². The SMILES string of the molecule is C[C@@H]1O[C@@H](O[C@H]2[C@H](O)[C@H](O)[C@H](CO)O[C@H]2c2c(O)cc(O)c3c(=O)cc(-c4ccc(O)cc4)oc23)[C@@H](O)[C@@H](O)[C@@H]1O. The highest BCUT2D eigenvalue weighted by Crippen LogP contribution is 2.45. The summed E-state index contributed by atoms with van der Waals surface area (Å²) in [6, 6.07) is 7.53. The molecule has 5 rings (SSSR count). The average Bonchev–Trinajstić information content (AvgIpc) is 2.93. The van der Waals surface area contributed by atoms with E-state index in [4.69, 9.17) is 18.6 Å². The van der Waals surface area contributed by atoms with E-state index in [2.05, 4.69) is 0 Å². The number of phenols is 3. The van der Waals surface area contributed by atoms with Crippen LogP contribution in [0.3, 0.4) is 0 Å². The lowest BCUT2D eigenvalue weighted by molar-refractivity contribution is -0.338. The van der Waals surface area contributed by atoms with Gasteiger partial charge in [-0.2, -0.15) is 0 Å². The third-order valence-electron chi connectivity index (χ3n) is 7.40. The number of aliphatic hydroxyl groups is 6. The third kappa shape index (κ3) is 5.14. The Bertz CT molecular complexity index is 1460. The summed E-state index contributed by atoms with van der Waals surface area (Å²) in [6.07, 6.45) is -16.0. The number of fused-ring (bicyclic) bond motifs is 1. The first-order chi connectivity index (χ1) is 19.4. The van der Waals surface area contributed by atoms with Gasteiger partial charge < -0.3 is 64.6 Å². The molecule has 3 heterocycles. The predicted octanol–water partition coefficient (Wildman–Crippen LogP) is -1.06. The molecule has 2 saturated heterocycles. The normalized spacial score (nSPS) is 34.1. The van der Waals surface area contributed by atoms with Crippen LogP contribution in [0, 0.1) is 0 Å². The molecule has 2 aliphatic heterocycles. The molecule has 0 amide bonds. The summed E-state index contributed by atoms with van der Waals surface area (Å²) in [6.45, 7) is 0.613. The van der Waals surface area contributed by atoms with Crippen LogP contribution in [0.2, 0.25) is 0 Å². The van der Waals surface area contributed by atoms with E-state index in [1.165, 1.54) is 31.2 Å². The summed E-state index contributed by atoms with van der Waals surface area (Å²) in [7, 11) is 0. The number of phenolic OH excluding ortho intramolecular Hbond substituents is 3. The summed E-state index contributed by atoms with van der Waals surface area (Å²) < 4.78 is 23.0. The topological polar surface area (TPSA) is 240 Å². The maximum absolute atomic E-state index is 13.1. The highest BCUT2D eigenvalue weighted by Gasteiger charge is 2.51. The van der Waals surface area contributed by atoms with E-state index in [1.807, 2.05) is 0 Å². The summed E-state index contributed by atoms with van der Waals surface area (Å²) in [5.41, 5.74) is -1.08. The van der Waals surface area contributed by atoms with Gasteiger partial charge in [0, 0.05) is 17.7 Å². The van der Waals surface area contributed by atoms with E-state index in [0.717, 1.165) is 12.1 Å². The number of ether oxygens (including phenoxy) is 3. The molecule has 0 spiro atoms. The molecule has 0 saturated carbocycles. The van der Waals surface area contributed by atoms with Gasteiger partial charge in [0.25, 0.3) is 0 Å². The minimum atomic E-state index is -1.85. The molecular weight excluding hydrogens is 548 g/mol. The molecule has 9 N–H and O–H groups in total. The molecule has 2 aliphatic rings. The number of rotatable bonds is 5. The Morgan fingerprint density at radius 2 is 1.51 bits per heavy atom. The Morgan fingerprint density at radius 1 is 0.829 bits per heavy atom. The van der Waals surface area contributed by atoms with Crippen LogP contribution < -0.4 is 5.43 Å². The van der Waals surface area contributed by atoms with E-state index in [0.29, 0.717) is 5.56 Å². The largest absolute Gasteiger partial charge is 0.508 e. The minimum Gasteiger partial charge on any atom is -0.508 e. The van der Waals surface area contributed by atoms with E-state index >= 15 is 0 Å². The predicted molar refractivity (Wildman–Crippen MR) is 137 cm³/mol. The van der Waals surface area contributed by atoms with Crippen LogP contribution in [0.25, 0.3) is 22.3 Å². The van der Waals surface area contributed by atoms with Crippen LogP contribution in [-0.2, 0) is 14.2 Å². The van der Waals surface area contributed by atoms with Gasteiger partial charge in [-0.1, -0.05) is 0 Å². The van der Waals surface area contributed by atoms with Gasteiger partial charge in [-0.3, -0.25) is 4.79 Å². The Labute approximate surface area is 231 Å². The van der Waals surface area contributed by atoms with Crippen molar-refractivity contribution in [1.82, 2.24) is 0 Å². The second kappa shape index (κ2) is 11.2. The Kier molecular flexibility index (Phi) is 7.95. The maximum atomic E-state index is 13.1. The summed E-state index contributed by atoms with van der Waals surface area (Å²) >= 11 is 0. The average molecular weight is 579 g/mol. The lowest BCUT2D eigenvalue weighted by Crippen LogP contribution is -2.61. The summed E-state index contributed by atoms with van der Waals surface area (Å²) in [5.74, 6) is -1.39. The summed E-state index contributed by atoms with van der Waals surface area (Å²) in [5, 5.41) is 93.0. The highest BCUT2D eigenvalue weighted by atomic mass is 16.7. The van der Waals surface area contributed by atoms with Crippen molar-refractivity contribution in [1.29, 1.82) is 0 Å². The number of aromatic hydroxyl groups is 3. The molecule has 2 fully saturated rings. The van der Waals surface area contributed by atoms with Gasteiger partial charge in [0.15, 0.2) is 17.3 Å². The molecule has 3 aromatic rings. The van der Waals surface area contributed by atoms with E-state index in [9.17, 15) is 50.8 Å². The number of hydrogen-bond donors (Lipinski definition) is 9. The molecule has 0 aliphatic carbocycles. The van der Waals surface area contributed by atoms with Crippen molar-refractivity contribution in [3.63, 3.8) is 0 Å². The van der Waals surface area contributed by atoms with Crippen molar-refractivity contribution in [2.24, 2.45) is 0 Å². The van der Waals surface area contributed by atoms with Crippen LogP contribution in [0.15, 0.2) is 45.6 Å². The standard InChI is InChI=1S/C27H30O14/c1-9-19(33)21(35)23(37)27(38-9)41-26-22(36)20(34)16(8-28)40-25(26)18-13(31)6-12(30)17-14(32)7-15(39-24(17)18)10-2-4-11(29)5-3-10/h2-7,9,16,19-23,25-31,33-37H,8H2,1H3/t9-,16-,19+,20+,21-,22+,23-,25-,26-,27-/m0/s1. The Hall–Kier alpha value is -3.31. The fourth-order valence-corrected chi connectivity index (χ4v) is 5.12. The van der Waals surface area contributed by atoms with E-state index in [-0.39, 0.29) is 28.0 Å². The van der Waals surface area contributed by atoms with Gasteiger partial charge in [0.05, 0.1) is 18.3 Å². The van der Waals surface area contributed by atoms with Crippen molar-refractivity contribution < 1.29 is 64.6 Å². The summed E-state index contributed by atoms with van der Waals surface area (Å²) in [4.78, 5) is 13.1. The zero-order valence-electron chi connectivity index (χ0n) is 21.5. The fraction of sp³-hybridized carbons (Fsp3) is 0.444. The molecule has 0 unspecified atom stereocenters. The van der Waals surface area contributed by atoms with Crippen LogP contribution in [0.1, 0.15) is 18.6 Å². The molecule has 222 valence electrons. The van der Waals surface area contributed by atoms with Crippen LogP contribution in [-0.4, -0.2) is 108 Å². The fourth-order valence-electron chi connectivity index (χ4n) is 5.12. The first-order valence-corrected chi connectivity index (χ1v) is 12.7. The minimum absolute atomic E-state index is 0.0294. The molecule has 0 radical (unpaired) electrons. The molecule has 10 atom stereocenters. The van der Waals surface area contributed by atoms with Gasteiger partial charge in [0.2, 0.25) is 0 Å². The molecule has 14 nitrogen and oxygen atoms in total. The van der Waals surface area contributed by atoms with Gasteiger partial charge >= 0.3 is 0 Å². The van der Waals surface area contributed by atoms with Crippen LogP contribution >= 0.6 is 0 Å². The quantitative estimate of drug-likeness (QED) is 0.175. The van der Waals surface area contributed by atoms with Crippen LogP contribution in [0.5, 0.6) is 17.2 Å². The number of hydrogen-bond acceptors (Lipinski definition) is 14. The van der Waals surface area contributed by atoms with Crippen molar-refractivity contribution >= 4 is 11.0 Å². The van der Waals surface area contributed by atoms with E-state index < -0.39 is 84.8 Å². The molecule has 41 heavy (non-hydrogen) atoms. The Morgan fingerprint density at radius 3 is 2.17 bits per heavy atom. The van der Waals surface area contributed by atoms with Crippen LogP contribution in [0.4, 0.5) is 0 Å². The molecule has 14 heteroatoms. The molecule has 2 aromatic carbocycles. The van der Waals surface area contributed by atoms with Gasteiger partial charge in [-0.25, -0.2) is 0 Å². The monoisotopic (exact) mass is 578 g/mol. The van der Waals surface area contributed by atoms with Gasteiger partial charge in [-0.05, 0) is 31.2 Å². The zero-order chi connectivity index (χ0) is 29.7. The van der Waals surface area contributed by atoms with Crippen molar-refractivity contribution in [2.45, 2.75) is 68.1 Å². The lowest BCUT2D eigenvalue weighted by atomic mass is 9.89. The molecular formula is C27H30O14. The van der Waals surface area contributed by atoms with Gasteiger partial charge in [-0.15, -0.1) is 0 Å². The molecule has 1 aromatic heterocycles. The highest BCUT2D eigenvalue weighted by molar-refractivity contribution is 5.89. The first-order valence-electron chi connectivity index (χ1n) is 12.7. The second-order valence-corrected chi connectivity index (χ2v) is 10.1. The first kappa shape index (κ1) is 29.2. The van der Waals surface area contributed by atoms with Crippen molar-refractivity contribution in [3.8, 4) is 28.6 Å². The van der Waals surface area contributed by atoms with E-state index in [1.54, 1.807) is 0 Å². The number of aliphatic hydroxyl groups excluding tert-OH is 6. The maximum Gasteiger partial charge on any atom is 0.197 e. The zero-order valence-corrected chi connectivity index (χ0v) is 21.5.